The van der Waals surface area contributed by atoms with Crippen LogP contribution in [-0.4, -0.2) is 47.4 Å². The standard InChI is InChI=1S/C16H19NO10/c1-7-5-12(21)17(16(22)24-7)15-14(26-10(4)20)13(25-9(3)19)11(27-15)6-23-8(2)18/h5,11,13-15H,6H2,1-4H3/t11-,13-,14-,15-/m1/s1. The van der Waals surface area contributed by atoms with Gasteiger partial charge < -0.3 is 23.4 Å². The molecule has 0 radical (unpaired) electrons. The van der Waals surface area contributed by atoms with E-state index in [0.717, 1.165) is 26.8 Å². The Kier molecular flexibility index (Phi) is 6.16. The van der Waals surface area contributed by atoms with Gasteiger partial charge in [0.2, 0.25) is 0 Å². The van der Waals surface area contributed by atoms with Crippen LogP contribution in [0.1, 0.15) is 32.8 Å². The first kappa shape index (κ1) is 20.4. The van der Waals surface area contributed by atoms with Crippen molar-refractivity contribution in [2.24, 2.45) is 0 Å². The first-order chi connectivity index (χ1) is 12.6. The summed E-state index contributed by atoms with van der Waals surface area (Å²) in [7, 11) is 0. The smallest absolute Gasteiger partial charge is 0.424 e. The van der Waals surface area contributed by atoms with Gasteiger partial charge in [-0.05, 0) is 6.92 Å². The number of ether oxygens (including phenoxy) is 4. The Hall–Kier alpha value is -2.95. The summed E-state index contributed by atoms with van der Waals surface area (Å²) in [5, 5.41) is 0. The first-order valence-electron chi connectivity index (χ1n) is 7.96. The number of carbonyl (C=O) groups is 3. The van der Waals surface area contributed by atoms with E-state index in [2.05, 4.69) is 0 Å². The zero-order valence-corrected chi connectivity index (χ0v) is 15.1. The molecule has 4 atom stereocenters. The number of hydrogen-bond acceptors (Lipinski definition) is 10. The van der Waals surface area contributed by atoms with Crippen molar-refractivity contribution in [2.75, 3.05) is 6.61 Å². The minimum absolute atomic E-state index is 0.0799. The Morgan fingerprint density at radius 3 is 2.15 bits per heavy atom. The zero-order chi connectivity index (χ0) is 20.3. The Morgan fingerprint density at radius 2 is 1.63 bits per heavy atom. The lowest BCUT2D eigenvalue weighted by molar-refractivity contribution is -0.166. The van der Waals surface area contributed by atoms with Gasteiger partial charge in [-0.2, -0.15) is 0 Å². The number of aromatic nitrogens is 1. The molecule has 1 aliphatic heterocycles. The maximum absolute atomic E-state index is 12.3. The van der Waals surface area contributed by atoms with Crippen molar-refractivity contribution in [2.45, 2.75) is 52.2 Å². The van der Waals surface area contributed by atoms with Crippen molar-refractivity contribution in [3.8, 4) is 0 Å². The Morgan fingerprint density at radius 1 is 1.04 bits per heavy atom. The Balaban J connectivity index is 2.49. The van der Waals surface area contributed by atoms with E-state index in [0.29, 0.717) is 4.57 Å². The molecule has 2 rings (SSSR count). The molecule has 11 nitrogen and oxygen atoms in total. The minimum atomic E-state index is -1.44. The molecule has 0 aliphatic carbocycles. The fourth-order valence-corrected chi connectivity index (χ4v) is 2.68. The van der Waals surface area contributed by atoms with Crippen LogP contribution < -0.4 is 11.3 Å². The van der Waals surface area contributed by atoms with Crippen LogP contribution in [0.5, 0.6) is 0 Å². The van der Waals surface area contributed by atoms with Gasteiger partial charge in [0.15, 0.2) is 18.4 Å². The van der Waals surface area contributed by atoms with Crippen LogP contribution in [0.3, 0.4) is 0 Å². The molecule has 0 bridgehead atoms. The maximum Gasteiger partial charge on any atom is 0.424 e. The highest BCUT2D eigenvalue weighted by molar-refractivity contribution is 5.67. The maximum atomic E-state index is 12.3. The molecule has 11 heteroatoms. The molecule has 148 valence electrons. The summed E-state index contributed by atoms with van der Waals surface area (Å²) in [5.41, 5.74) is -0.763. The third-order valence-electron chi connectivity index (χ3n) is 3.60. The zero-order valence-electron chi connectivity index (χ0n) is 15.1. The summed E-state index contributed by atoms with van der Waals surface area (Å²) >= 11 is 0. The van der Waals surface area contributed by atoms with Crippen molar-refractivity contribution < 1.29 is 37.7 Å². The van der Waals surface area contributed by atoms with Crippen LogP contribution in [-0.2, 0) is 33.3 Å². The number of carbonyl (C=O) groups excluding carboxylic acids is 3. The number of hydrogen-bond donors (Lipinski definition) is 0. The van der Waals surface area contributed by atoms with Gasteiger partial charge in [-0.15, -0.1) is 0 Å². The predicted molar refractivity (Wildman–Crippen MR) is 85.6 cm³/mol. The van der Waals surface area contributed by atoms with Crippen molar-refractivity contribution in [3.05, 3.63) is 32.7 Å². The molecule has 0 saturated carbocycles. The second-order valence-electron chi connectivity index (χ2n) is 5.85. The van der Waals surface area contributed by atoms with E-state index in [9.17, 15) is 24.0 Å². The van der Waals surface area contributed by atoms with Gasteiger partial charge in [-0.3, -0.25) is 19.2 Å². The molecule has 1 fully saturated rings. The summed E-state index contributed by atoms with van der Waals surface area (Å²) in [5.74, 6) is -3.08. The second kappa shape index (κ2) is 8.16. The molecule has 2 heterocycles. The predicted octanol–water partition coefficient (Wildman–Crippen LogP) is -0.566. The first-order valence-corrected chi connectivity index (χ1v) is 7.96. The van der Waals surface area contributed by atoms with Gasteiger partial charge in [0.05, 0.1) is 0 Å². The quantitative estimate of drug-likeness (QED) is 0.478. The van der Waals surface area contributed by atoms with Crippen molar-refractivity contribution in [1.29, 1.82) is 0 Å². The van der Waals surface area contributed by atoms with Crippen molar-refractivity contribution in [3.63, 3.8) is 0 Å². The van der Waals surface area contributed by atoms with Crippen LogP contribution in [0.25, 0.3) is 0 Å². The van der Waals surface area contributed by atoms with Gasteiger partial charge in [0.1, 0.15) is 18.5 Å². The highest BCUT2D eigenvalue weighted by Crippen LogP contribution is 2.33. The van der Waals surface area contributed by atoms with Gasteiger partial charge >= 0.3 is 23.7 Å². The molecule has 0 spiro atoms. The number of esters is 3. The van der Waals surface area contributed by atoms with E-state index in [1.807, 2.05) is 0 Å². The van der Waals surface area contributed by atoms with E-state index in [1.54, 1.807) is 0 Å². The third-order valence-corrected chi connectivity index (χ3v) is 3.60. The summed E-state index contributed by atoms with van der Waals surface area (Å²) in [4.78, 5) is 58.5. The van der Waals surface area contributed by atoms with E-state index < -0.39 is 53.8 Å². The molecule has 1 aromatic rings. The molecule has 0 N–H and O–H groups in total. The summed E-state index contributed by atoms with van der Waals surface area (Å²) in [6, 6.07) is 1.05. The summed E-state index contributed by atoms with van der Waals surface area (Å²) < 4.78 is 26.3. The SMILES string of the molecule is CC(=O)OC[C@H]1O[C@@H](n2c(=O)cc(C)oc2=O)[C@H](OC(C)=O)[C@@H]1OC(C)=O. The van der Waals surface area contributed by atoms with Gasteiger partial charge in [0, 0.05) is 26.8 Å². The lowest BCUT2D eigenvalue weighted by atomic mass is 10.1. The fraction of sp³-hybridized carbons (Fsp3) is 0.562. The molecule has 27 heavy (non-hydrogen) atoms. The van der Waals surface area contributed by atoms with Gasteiger partial charge in [-0.1, -0.05) is 0 Å². The van der Waals surface area contributed by atoms with Gasteiger partial charge in [0.25, 0.3) is 5.56 Å². The van der Waals surface area contributed by atoms with E-state index in [1.165, 1.54) is 6.92 Å². The minimum Gasteiger partial charge on any atom is -0.463 e. The summed E-state index contributed by atoms with van der Waals surface area (Å²) in [6.07, 6.45) is -5.08. The Labute approximate surface area is 152 Å². The summed E-state index contributed by atoms with van der Waals surface area (Å²) in [6.45, 7) is 4.44. The highest BCUT2D eigenvalue weighted by atomic mass is 16.7. The van der Waals surface area contributed by atoms with Crippen LogP contribution in [0.4, 0.5) is 0 Å². The number of nitrogens with zero attached hydrogens (tertiary/aromatic N) is 1. The largest absolute Gasteiger partial charge is 0.463 e. The Bertz CT molecular complexity index is 822. The van der Waals surface area contributed by atoms with Crippen LogP contribution in [0, 0.1) is 6.92 Å². The lowest BCUT2D eigenvalue weighted by Gasteiger charge is -2.23. The molecule has 1 saturated heterocycles. The van der Waals surface area contributed by atoms with Crippen molar-refractivity contribution in [1.82, 2.24) is 4.57 Å². The third kappa shape index (κ3) is 4.82. The van der Waals surface area contributed by atoms with Gasteiger partial charge in [-0.25, -0.2) is 9.36 Å². The molecule has 0 unspecified atom stereocenters. The highest BCUT2D eigenvalue weighted by Gasteiger charge is 2.51. The number of rotatable bonds is 5. The fourth-order valence-electron chi connectivity index (χ4n) is 2.68. The van der Waals surface area contributed by atoms with Crippen LogP contribution in [0.2, 0.25) is 0 Å². The van der Waals surface area contributed by atoms with Crippen LogP contribution in [0.15, 0.2) is 20.1 Å². The van der Waals surface area contributed by atoms with Crippen molar-refractivity contribution >= 4 is 17.9 Å². The molecular formula is C16H19NO10. The average molecular weight is 385 g/mol. The molecule has 1 aromatic heterocycles. The lowest BCUT2D eigenvalue weighted by Crippen LogP contribution is -2.44. The normalized spacial score (nSPS) is 24.3. The second-order valence-corrected chi connectivity index (χ2v) is 5.85. The number of aryl methyl sites for hydroxylation is 1. The average Bonchev–Trinajstić information content (AvgIpc) is 2.81. The van der Waals surface area contributed by atoms with Crippen LogP contribution >= 0.6 is 0 Å². The topological polar surface area (TPSA) is 140 Å². The van der Waals surface area contributed by atoms with E-state index in [-0.39, 0.29) is 12.4 Å². The van der Waals surface area contributed by atoms with E-state index >= 15 is 0 Å². The molecule has 1 aliphatic rings. The molecule has 0 amide bonds. The molecule has 0 aromatic carbocycles. The monoisotopic (exact) mass is 385 g/mol. The molecular weight excluding hydrogens is 366 g/mol. The van der Waals surface area contributed by atoms with E-state index in [4.69, 9.17) is 23.4 Å².